The zero-order chi connectivity index (χ0) is 53.4. The molecular weight excluding hydrogens is 1010 g/mol. The summed E-state index contributed by atoms with van der Waals surface area (Å²) in [4.78, 5) is 31.4. The third-order valence-electron chi connectivity index (χ3n) is 15.4. The van der Waals surface area contributed by atoms with Gasteiger partial charge in [0.2, 0.25) is 0 Å². The van der Waals surface area contributed by atoms with Gasteiger partial charge in [0.1, 0.15) is 0 Å². The summed E-state index contributed by atoms with van der Waals surface area (Å²) in [6, 6.07) is 93.6. The van der Waals surface area contributed by atoms with Gasteiger partial charge in [-0.1, -0.05) is 182 Å². The van der Waals surface area contributed by atoms with Crippen molar-refractivity contribution >= 4 is 75.1 Å². The van der Waals surface area contributed by atoms with E-state index < -0.39 is 0 Å². The SMILES string of the molecule is c1ccc(-c2nc(-c3ccccc3)nc(-c3cccc(-n4c5ccc(-c6ccc7c(c6)c6ccccc6n7-c6ccccc6)cc5c5c(-c6nc(-c7ccccc7)nc(-c7ccc8sc9ccccc9c8c7)n6)cccc54)c3)n2)cc1. The molecule has 11 aromatic carbocycles. The van der Waals surface area contributed by atoms with Crippen LogP contribution in [0.5, 0.6) is 0 Å². The standard InChI is InChI=1S/C72H44N8S/c1-5-19-45(20-6-1)67-73-68(46-21-7-2-8-22-46)75-70(74-67)50-25-17-28-53(41-50)80-62-39-36-49(48-35-38-61-57(42-48)54-29-13-15-32-60(54)79(61)52-26-11-4-12-27-52)43-59(62)66-56(31-18-33-63(66)80)72-77-69(47-23-9-3-10-24-47)76-71(78-72)51-37-40-65-58(44-51)55-30-14-16-34-64(55)81-65/h1-44H. The van der Waals surface area contributed by atoms with Gasteiger partial charge < -0.3 is 9.13 Å². The second kappa shape index (κ2) is 19.0. The van der Waals surface area contributed by atoms with E-state index in [4.69, 9.17) is 29.9 Å². The Labute approximate surface area is 469 Å². The molecule has 9 heteroatoms. The largest absolute Gasteiger partial charge is 0.309 e. The molecule has 0 unspecified atom stereocenters. The number of para-hydroxylation sites is 2. The molecule has 378 valence electrons. The normalized spacial score (nSPS) is 11.7. The van der Waals surface area contributed by atoms with E-state index in [0.29, 0.717) is 34.9 Å². The van der Waals surface area contributed by atoms with Crippen molar-refractivity contribution < 1.29 is 0 Å². The highest BCUT2D eigenvalue weighted by atomic mass is 32.1. The fraction of sp³-hybridized carbons (Fsp3) is 0. The molecule has 0 radical (unpaired) electrons. The minimum absolute atomic E-state index is 0.581. The van der Waals surface area contributed by atoms with Crippen LogP contribution in [0.3, 0.4) is 0 Å². The summed E-state index contributed by atoms with van der Waals surface area (Å²) in [7, 11) is 0. The van der Waals surface area contributed by atoms with E-state index in [2.05, 4.69) is 197 Å². The maximum Gasteiger partial charge on any atom is 0.164 e. The molecule has 0 aliphatic heterocycles. The summed E-state index contributed by atoms with van der Waals surface area (Å²) in [5.74, 6) is 3.59. The lowest BCUT2D eigenvalue weighted by molar-refractivity contribution is 1.07. The van der Waals surface area contributed by atoms with E-state index in [9.17, 15) is 0 Å². The summed E-state index contributed by atoms with van der Waals surface area (Å²) in [5.41, 5.74) is 14.1. The van der Waals surface area contributed by atoms with Crippen LogP contribution >= 0.6 is 11.3 Å². The molecule has 5 aromatic heterocycles. The van der Waals surface area contributed by atoms with Crippen LogP contribution in [-0.4, -0.2) is 39.0 Å². The number of aromatic nitrogens is 8. The topological polar surface area (TPSA) is 87.2 Å². The number of fused-ring (bicyclic) bond motifs is 9. The van der Waals surface area contributed by atoms with Crippen molar-refractivity contribution in [2.45, 2.75) is 0 Å². The van der Waals surface area contributed by atoms with Gasteiger partial charge in [0.05, 0.1) is 22.1 Å². The predicted molar refractivity (Wildman–Crippen MR) is 333 cm³/mol. The molecule has 0 bridgehead atoms. The third-order valence-corrected chi connectivity index (χ3v) is 16.6. The highest BCUT2D eigenvalue weighted by Crippen LogP contribution is 2.43. The van der Waals surface area contributed by atoms with Gasteiger partial charge >= 0.3 is 0 Å². The molecule has 5 heterocycles. The fourth-order valence-corrected chi connectivity index (χ4v) is 12.7. The zero-order valence-electron chi connectivity index (χ0n) is 43.4. The summed E-state index contributed by atoms with van der Waals surface area (Å²) in [5, 5.41) is 6.88. The van der Waals surface area contributed by atoms with Crippen LogP contribution in [-0.2, 0) is 0 Å². The molecule has 0 atom stereocenters. The van der Waals surface area contributed by atoms with E-state index in [-0.39, 0.29) is 0 Å². The third kappa shape index (κ3) is 7.97. The first-order valence-electron chi connectivity index (χ1n) is 27.0. The molecule has 0 amide bonds. The summed E-state index contributed by atoms with van der Waals surface area (Å²) < 4.78 is 7.19. The van der Waals surface area contributed by atoms with Crippen molar-refractivity contribution in [2.75, 3.05) is 0 Å². The van der Waals surface area contributed by atoms with Gasteiger partial charge in [0, 0.05) is 86.5 Å². The van der Waals surface area contributed by atoms with E-state index in [1.54, 1.807) is 11.3 Å². The van der Waals surface area contributed by atoms with Crippen LogP contribution in [0.2, 0.25) is 0 Å². The molecule has 0 spiro atoms. The van der Waals surface area contributed by atoms with Gasteiger partial charge in [0.25, 0.3) is 0 Å². The van der Waals surface area contributed by atoms with Crippen LogP contribution in [0.1, 0.15) is 0 Å². The van der Waals surface area contributed by atoms with E-state index >= 15 is 0 Å². The maximum absolute atomic E-state index is 5.45. The van der Waals surface area contributed by atoms with Crippen molar-refractivity contribution in [1.82, 2.24) is 39.0 Å². The van der Waals surface area contributed by atoms with Crippen LogP contribution in [0.25, 0.3) is 155 Å². The Morgan fingerprint density at radius 3 is 1.31 bits per heavy atom. The van der Waals surface area contributed by atoms with Crippen LogP contribution in [0.4, 0.5) is 0 Å². The smallest absolute Gasteiger partial charge is 0.164 e. The Hall–Kier alpha value is -10.7. The number of rotatable bonds is 9. The first-order valence-corrected chi connectivity index (χ1v) is 27.8. The number of thiophene rings is 1. The van der Waals surface area contributed by atoms with Crippen molar-refractivity contribution in [3.8, 4) is 90.8 Å². The molecular formula is C72H44N8S. The van der Waals surface area contributed by atoms with Gasteiger partial charge in [-0.15, -0.1) is 11.3 Å². The van der Waals surface area contributed by atoms with Gasteiger partial charge in [-0.2, -0.15) is 0 Å². The Bertz CT molecular complexity index is 5050. The molecule has 0 saturated heterocycles. The molecule has 16 rings (SSSR count). The molecule has 0 fully saturated rings. The van der Waals surface area contributed by atoms with E-state index in [1.807, 2.05) is 78.9 Å². The Balaban J connectivity index is 0.925. The number of nitrogens with zero attached hydrogens (tertiary/aromatic N) is 8. The Kier molecular flexibility index (Phi) is 10.9. The highest BCUT2D eigenvalue weighted by molar-refractivity contribution is 7.25. The van der Waals surface area contributed by atoms with Crippen LogP contribution < -0.4 is 0 Å². The first-order chi connectivity index (χ1) is 40.1. The van der Waals surface area contributed by atoms with Crippen molar-refractivity contribution in [2.24, 2.45) is 0 Å². The first kappa shape index (κ1) is 46.4. The quantitative estimate of drug-likeness (QED) is 0.143. The number of hydrogen-bond donors (Lipinski definition) is 0. The second-order valence-corrected chi connectivity index (χ2v) is 21.3. The lowest BCUT2D eigenvalue weighted by atomic mass is 9.99. The lowest BCUT2D eigenvalue weighted by Crippen LogP contribution is -2.01. The van der Waals surface area contributed by atoms with Crippen molar-refractivity contribution in [1.29, 1.82) is 0 Å². The van der Waals surface area contributed by atoms with E-state index in [1.165, 1.54) is 36.5 Å². The minimum atomic E-state index is 0.581. The summed E-state index contributed by atoms with van der Waals surface area (Å²) in [6.07, 6.45) is 0. The summed E-state index contributed by atoms with van der Waals surface area (Å²) >= 11 is 1.80. The minimum Gasteiger partial charge on any atom is -0.309 e. The monoisotopic (exact) mass is 1050 g/mol. The van der Waals surface area contributed by atoms with Crippen LogP contribution in [0, 0.1) is 0 Å². The zero-order valence-corrected chi connectivity index (χ0v) is 44.2. The van der Waals surface area contributed by atoms with Crippen LogP contribution in [0.15, 0.2) is 267 Å². The maximum atomic E-state index is 5.45. The average molecular weight is 1050 g/mol. The Morgan fingerprint density at radius 1 is 0.235 bits per heavy atom. The average Bonchev–Trinajstić information content (AvgIpc) is 4.36. The molecule has 8 nitrogen and oxygen atoms in total. The molecule has 81 heavy (non-hydrogen) atoms. The van der Waals surface area contributed by atoms with Gasteiger partial charge in [-0.25, -0.2) is 29.9 Å². The fourth-order valence-electron chi connectivity index (χ4n) is 11.7. The number of hydrogen-bond acceptors (Lipinski definition) is 7. The van der Waals surface area contributed by atoms with Crippen molar-refractivity contribution in [3.63, 3.8) is 0 Å². The molecule has 0 N–H and O–H groups in total. The summed E-state index contributed by atoms with van der Waals surface area (Å²) in [6.45, 7) is 0. The van der Waals surface area contributed by atoms with E-state index in [0.717, 1.165) is 83.2 Å². The second-order valence-electron chi connectivity index (χ2n) is 20.3. The number of benzene rings is 11. The highest BCUT2D eigenvalue weighted by Gasteiger charge is 2.23. The Morgan fingerprint density at radius 2 is 0.654 bits per heavy atom. The molecule has 0 saturated carbocycles. The molecule has 0 aliphatic carbocycles. The van der Waals surface area contributed by atoms with Gasteiger partial charge in [-0.05, 0) is 96.1 Å². The lowest BCUT2D eigenvalue weighted by Gasteiger charge is -2.12. The molecule has 16 aromatic rings. The molecule has 0 aliphatic rings. The van der Waals surface area contributed by atoms with Gasteiger partial charge in [0.15, 0.2) is 34.9 Å². The van der Waals surface area contributed by atoms with Crippen molar-refractivity contribution in [3.05, 3.63) is 267 Å². The van der Waals surface area contributed by atoms with Gasteiger partial charge in [-0.3, -0.25) is 0 Å². The predicted octanol–water partition coefficient (Wildman–Crippen LogP) is 18.3.